The summed E-state index contributed by atoms with van der Waals surface area (Å²) in [6.45, 7) is 0. The Kier molecular flexibility index (Phi) is 3.02. The van der Waals surface area contributed by atoms with Gasteiger partial charge in [0.1, 0.15) is 23.0 Å². The number of nitrogens with one attached hydrogen (secondary N) is 2. The van der Waals surface area contributed by atoms with Crippen LogP contribution in [0.1, 0.15) is 11.1 Å². The molecule has 142 valence electrons. The zero-order valence-corrected chi connectivity index (χ0v) is 15.9. The van der Waals surface area contributed by atoms with Crippen LogP contribution in [0.25, 0.3) is 10.8 Å². The van der Waals surface area contributed by atoms with Crippen LogP contribution >= 0.6 is 0 Å². The summed E-state index contributed by atoms with van der Waals surface area (Å²) in [7, 11) is 0. The van der Waals surface area contributed by atoms with Crippen LogP contribution in [-0.4, -0.2) is 22.8 Å². The molecule has 6 nitrogen and oxygen atoms in total. The highest BCUT2D eigenvalue weighted by Gasteiger charge is 2.34. The highest BCUT2D eigenvalue weighted by Crippen LogP contribution is 2.33. The number of hydrogen-bond donors (Lipinski definition) is 2. The molecule has 2 aromatic carbocycles. The summed E-state index contributed by atoms with van der Waals surface area (Å²) < 4.78 is 0. The van der Waals surface area contributed by atoms with Crippen LogP contribution < -0.4 is 16.3 Å². The van der Waals surface area contributed by atoms with Crippen molar-refractivity contribution in [2.45, 2.75) is 6.17 Å². The standard InChI is InChI=1S/C24H16N6/c1-2-8-14-13(7-1)19-25-20(14)29-22-17-11-5-6-12-18(17)24(27-22)30-23-16-10-4-3-9-15(16)21(26-23)28-19/h1-13,19,25H,(H,26,27,28,29,30). The number of aliphatic imine (C=N–C) groups is 2. The minimum absolute atomic E-state index is 0.117. The van der Waals surface area contributed by atoms with Gasteiger partial charge in [-0.2, -0.15) is 0 Å². The van der Waals surface area contributed by atoms with Gasteiger partial charge < -0.3 is 10.3 Å². The Morgan fingerprint density at radius 2 is 1.47 bits per heavy atom. The second-order valence-corrected chi connectivity index (χ2v) is 7.69. The summed E-state index contributed by atoms with van der Waals surface area (Å²) in [4.78, 5) is 23.1. The molecule has 6 heteroatoms. The summed E-state index contributed by atoms with van der Waals surface area (Å²) in [5.74, 6) is 2.34. The van der Waals surface area contributed by atoms with Crippen molar-refractivity contribution < 1.29 is 0 Å². The van der Waals surface area contributed by atoms with E-state index in [1.807, 2.05) is 30.3 Å². The average molecular weight is 388 g/mol. The van der Waals surface area contributed by atoms with Gasteiger partial charge in [0.05, 0.1) is 0 Å². The van der Waals surface area contributed by atoms with Crippen LogP contribution in [0.4, 0.5) is 0 Å². The molecule has 1 aromatic heterocycles. The monoisotopic (exact) mass is 388 g/mol. The van der Waals surface area contributed by atoms with Gasteiger partial charge in [0.25, 0.3) is 0 Å². The SMILES string of the molecule is C1=CC2=C3N=c4[nH]c(c5ccccc45)=NC4=NC(=NC(N3)C2C=C1)c1ccccc14. The van der Waals surface area contributed by atoms with E-state index >= 15 is 0 Å². The summed E-state index contributed by atoms with van der Waals surface area (Å²) >= 11 is 0. The zero-order chi connectivity index (χ0) is 19.7. The fourth-order valence-electron chi connectivity index (χ4n) is 4.54. The van der Waals surface area contributed by atoms with Crippen molar-refractivity contribution in [1.82, 2.24) is 10.3 Å². The van der Waals surface area contributed by atoms with Gasteiger partial charge in [-0.25, -0.2) is 20.0 Å². The van der Waals surface area contributed by atoms with Crippen LogP contribution in [0.3, 0.4) is 0 Å². The van der Waals surface area contributed by atoms with E-state index in [1.54, 1.807) is 0 Å². The molecular weight excluding hydrogens is 372 g/mol. The molecule has 2 atom stereocenters. The molecule has 7 rings (SSSR count). The van der Waals surface area contributed by atoms with Gasteiger partial charge in [0.15, 0.2) is 11.7 Å². The van der Waals surface area contributed by atoms with Crippen LogP contribution in [0.2, 0.25) is 0 Å². The lowest BCUT2D eigenvalue weighted by molar-refractivity contribution is 0.554. The summed E-state index contributed by atoms with van der Waals surface area (Å²) in [6, 6.07) is 16.3. The molecule has 0 saturated carbocycles. The second-order valence-electron chi connectivity index (χ2n) is 7.69. The first-order valence-corrected chi connectivity index (χ1v) is 10.0. The normalized spacial score (nSPS) is 22.8. The Morgan fingerprint density at radius 1 is 0.733 bits per heavy atom. The van der Waals surface area contributed by atoms with Gasteiger partial charge in [0.2, 0.25) is 0 Å². The van der Waals surface area contributed by atoms with Crippen molar-refractivity contribution in [2.75, 3.05) is 0 Å². The molecule has 4 aliphatic rings. The van der Waals surface area contributed by atoms with E-state index in [0.29, 0.717) is 11.7 Å². The number of benzene rings is 2. The molecule has 1 aliphatic carbocycles. The number of allylic oxidation sites excluding steroid dienone is 3. The quantitative estimate of drug-likeness (QED) is 0.610. The van der Waals surface area contributed by atoms with Gasteiger partial charge in [-0.05, 0) is 0 Å². The zero-order valence-electron chi connectivity index (χ0n) is 15.9. The molecular formula is C24H16N6. The number of hydrogen-bond acceptors (Lipinski definition) is 5. The number of amidine groups is 2. The largest absolute Gasteiger partial charge is 0.347 e. The number of fused-ring (bicyclic) bond motifs is 13. The van der Waals surface area contributed by atoms with Crippen LogP contribution in [0.15, 0.2) is 104 Å². The van der Waals surface area contributed by atoms with E-state index in [-0.39, 0.29) is 12.1 Å². The Hall–Kier alpha value is -4.06. The molecule has 6 bridgehead atoms. The molecule has 30 heavy (non-hydrogen) atoms. The molecule has 0 spiro atoms. The molecule has 3 aliphatic heterocycles. The predicted molar refractivity (Wildman–Crippen MR) is 116 cm³/mol. The first-order valence-electron chi connectivity index (χ1n) is 10.0. The lowest BCUT2D eigenvalue weighted by atomic mass is 9.95. The average Bonchev–Trinajstić information content (AvgIpc) is 3.43. The molecule has 2 N–H and O–H groups in total. The fourth-order valence-corrected chi connectivity index (χ4v) is 4.54. The number of H-pyrrole nitrogens is 1. The van der Waals surface area contributed by atoms with E-state index in [2.05, 4.69) is 52.8 Å². The molecule has 2 unspecified atom stereocenters. The smallest absolute Gasteiger partial charge is 0.164 e. The van der Waals surface area contributed by atoms with Crippen molar-refractivity contribution in [2.24, 2.45) is 25.9 Å². The van der Waals surface area contributed by atoms with Crippen molar-refractivity contribution in [3.63, 3.8) is 0 Å². The topological polar surface area (TPSA) is 77.3 Å². The van der Waals surface area contributed by atoms with Crippen LogP contribution in [0, 0.1) is 5.92 Å². The Morgan fingerprint density at radius 3 is 2.30 bits per heavy atom. The molecule has 0 radical (unpaired) electrons. The summed E-state index contributed by atoms with van der Waals surface area (Å²) in [5, 5.41) is 5.59. The molecule has 0 amide bonds. The van der Waals surface area contributed by atoms with Gasteiger partial charge in [-0.15, -0.1) is 0 Å². The lowest BCUT2D eigenvalue weighted by Gasteiger charge is -2.16. The van der Waals surface area contributed by atoms with E-state index < -0.39 is 0 Å². The van der Waals surface area contributed by atoms with Crippen molar-refractivity contribution in [3.05, 3.63) is 106 Å². The van der Waals surface area contributed by atoms with E-state index in [0.717, 1.165) is 44.3 Å². The molecule has 4 heterocycles. The Balaban J connectivity index is 1.62. The van der Waals surface area contributed by atoms with Gasteiger partial charge in [0, 0.05) is 33.4 Å². The molecule has 0 fully saturated rings. The van der Waals surface area contributed by atoms with Gasteiger partial charge in [-0.3, -0.25) is 0 Å². The molecule has 0 saturated heterocycles. The fraction of sp³-hybridized carbons (Fsp3) is 0.0833. The second kappa shape index (κ2) is 5.73. The Labute approximate surface area is 171 Å². The summed E-state index contributed by atoms with van der Waals surface area (Å²) in [6.07, 6.45) is 8.24. The van der Waals surface area contributed by atoms with Gasteiger partial charge >= 0.3 is 0 Å². The third-order valence-corrected chi connectivity index (χ3v) is 5.96. The maximum atomic E-state index is 5.01. The minimum Gasteiger partial charge on any atom is -0.347 e. The van der Waals surface area contributed by atoms with E-state index in [1.165, 1.54) is 0 Å². The predicted octanol–water partition coefficient (Wildman–Crippen LogP) is 2.51. The first-order chi connectivity index (χ1) is 14.8. The highest BCUT2D eigenvalue weighted by atomic mass is 15.2. The van der Waals surface area contributed by atoms with Gasteiger partial charge in [-0.1, -0.05) is 72.8 Å². The third-order valence-electron chi connectivity index (χ3n) is 5.96. The van der Waals surface area contributed by atoms with Crippen molar-refractivity contribution in [1.29, 1.82) is 0 Å². The minimum atomic E-state index is -0.161. The maximum Gasteiger partial charge on any atom is 0.164 e. The maximum absolute atomic E-state index is 5.01. The highest BCUT2D eigenvalue weighted by molar-refractivity contribution is 6.22. The van der Waals surface area contributed by atoms with E-state index in [9.17, 15) is 0 Å². The molecule has 3 aromatic rings. The first kappa shape index (κ1) is 15.8. The third kappa shape index (κ3) is 2.13. The van der Waals surface area contributed by atoms with Crippen LogP contribution in [0.5, 0.6) is 0 Å². The lowest BCUT2D eigenvalue weighted by Crippen LogP contribution is -2.28. The number of rotatable bonds is 0. The number of aromatic nitrogens is 1. The van der Waals surface area contributed by atoms with Crippen LogP contribution in [-0.2, 0) is 0 Å². The number of aromatic amines is 1. The Bertz CT molecular complexity index is 1530. The summed E-state index contributed by atoms with van der Waals surface area (Å²) in [5.41, 5.74) is 4.70. The van der Waals surface area contributed by atoms with Crippen molar-refractivity contribution in [3.8, 4) is 0 Å². The van der Waals surface area contributed by atoms with Crippen molar-refractivity contribution >= 4 is 22.4 Å². The number of nitrogens with zero attached hydrogens (tertiary/aromatic N) is 4. The van der Waals surface area contributed by atoms with E-state index in [4.69, 9.17) is 20.0 Å².